The molecule has 8 heteroatoms. The number of aliphatic hydroxyl groups is 1. The van der Waals surface area contributed by atoms with Crippen molar-refractivity contribution in [3.8, 4) is 11.5 Å². The molecule has 2 aromatic carbocycles. The normalized spacial score (nSPS) is 12.6. The van der Waals surface area contributed by atoms with Crippen molar-refractivity contribution in [1.82, 2.24) is 9.55 Å². The van der Waals surface area contributed by atoms with Crippen molar-refractivity contribution in [2.24, 2.45) is 0 Å². The maximum atomic E-state index is 9.58. The number of rotatable bonds is 11. The molecule has 1 N–H and O–H groups in total. The fourth-order valence-electron chi connectivity index (χ4n) is 3.26. The van der Waals surface area contributed by atoms with Crippen molar-refractivity contribution in [2.45, 2.75) is 38.3 Å². The van der Waals surface area contributed by atoms with Crippen LogP contribution in [-0.4, -0.2) is 39.9 Å². The molecule has 0 radical (unpaired) electrons. The molecule has 0 aliphatic carbocycles. The number of ether oxygens (including phenoxy) is 2. The minimum Gasteiger partial charge on any atom is -0.492 e. The number of aryl methyl sites for hydroxylation is 1. The molecule has 172 valence electrons. The Kier molecular flexibility index (Phi) is 8.72. The van der Waals surface area contributed by atoms with Gasteiger partial charge in [0, 0.05) is 24.4 Å². The number of benzene rings is 2. The lowest BCUT2D eigenvalue weighted by Crippen LogP contribution is -2.20. The van der Waals surface area contributed by atoms with Crippen molar-refractivity contribution in [2.75, 3.05) is 19.1 Å². The van der Waals surface area contributed by atoms with Crippen molar-refractivity contribution in [3.05, 3.63) is 76.3 Å². The molecular weight excluding hydrogens is 471 g/mol. The Morgan fingerprint density at radius 3 is 2.19 bits per heavy atom. The Labute approximate surface area is 203 Å². The Bertz CT molecular complexity index is 1010. The highest BCUT2D eigenvalue weighted by atomic mass is 35.5. The SMILES string of the molecule is CC(C)(c1ccc(OCCCn2ccnc2)c(Cl)c1)c1ccc(OCC(O)CCl)c(Cl)c1. The molecule has 0 saturated carbocycles. The van der Waals surface area contributed by atoms with Crippen LogP contribution in [-0.2, 0) is 12.0 Å². The quantitative estimate of drug-likeness (QED) is 0.262. The molecule has 0 aliphatic heterocycles. The minimum atomic E-state index is -0.738. The van der Waals surface area contributed by atoms with Crippen LogP contribution < -0.4 is 9.47 Å². The van der Waals surface area contributed by atoms with E-state index in [2.05, 4.69) is 18.8 Å². The third-order valence-electron chi connectivity index (χ3n) is 5.29. The molecule has 0 spiro atoms. The van der Waals surface area contributed by atoms with Gasteiger partial charge < -0.3 is 19.1 Å². The van der Waals surface area contributed by atoms with Gasteiger partial charge in [-0.05, 0) is 41.8 Å². The fraction of sp³-hybridized carbons (Fsp3) is 0.375. The van der Waals surface area contributed by atoms with Crippen LogP contribution in [0, 0.1) is 0 Å². The Morgan fingerprint density at radius 2 is 1.66 bits per heavy atom. The molecule has 1 aromatic heterocycles. The van der Waals surface area contributed by atoms with E-state index in [1.54, 1.807) is 18.6 Å². The van der Waals surface area contributed by atoms with Crippen LogP contribution >= 0.6 is 34.8 Å². The number of halogens is 3. The smallest absolute Gasteiger partial charge is 0.138 e. The van der Waals surface area contributed by atoms with E-state index in [1.165, 1.54) is 0 Å². The van der Waals surface area contributed by atoms with Crippen LogP contribution in [0.2, 0.25) is 10.0 Å². The molecule has 0 aliphatic rings. The van der Waals surface area contributed by atoms with Crippen LogP contribution in [0.4, 0.5) is 0 Å². The number of imidazole rings is 1. The molecule has 0 fully saturated rings. The first kappa shape index (κ1) is 24.7. The third-order valence-corrected chi connectivity index (χ3v) is 6.24. The molecule has 0 saturated heterocycles. The summed E-state index contributed by atoms with van der Waals surface area (Å²) in [5.41, 5.74) is 1.70. The molecule has 3 rings (SSSR count). The monoisotopic (exact) mass is 496 g/mol. The van der Waals surface area contributed by atoms with E-state index in [-0.39, 0.29) is 17.9 Å². The van der Waals surface area contributed by atoms with Gasteiger partial charge in [0.15, 0.2) is 0 Å². The zero-order valence-electron chi connectivity index (χ0n) is 18.1. The van der Waals surface area contributed by atoms with Crippen LogP contribution in [0.3, 0.4) is 0 Å². The molecule has 1 atom stereocenters. The second-order valence-corrected chi connectivity index (χ2v) is 9.16. The number of nitrogens with zero attached hydrogens (tertiary/aromatic N) is 2. The molecule has 1 heterocycles. The van der Waals surface area contributed by atoms with Gasteiger partial charge in [-0.15, -0.1) is 11.6 Å². The minimum absolute atomic E-state index is 0.0886. The van der Waals surface area contributed by atoms with E-state index >= 15 is 0 Å². The zero-order valence-corrected chi connectivity index (χ0v) is 20.4. The van der Waals surface area contributed by atoms with Gasteiger partial charge in [0.2, 0.25) is 0 Å². The summed E-state index contributed by atoms with van der Waals surface area (Å²) in [5.74, 6) is 1.28. The molecule has 3 aromatic rings. The first-order valence-corrected chi connectivity index (χ1v) is 11.7. The average molecular weight is 498 g/mol. The van der Waals surface area contributed by atoms with Gasteiger partial charge >= 0.3 is 0 Å². The predicted molar refractivity (Wildman–Crippen MR) is 130 cm³/mol. The number of hydrogen-bond donors (Lipinski definition) is 1. The first-order chi connectivity index (χ1) is 15.3. The number of hydrogen-bond acceptors (Lipinski definition) is 4. The lowest BCUT2D eigenvalue weighted by Gasteiger charge is -2.27. The average Bonchev–Trinajstić information content (AvgIpc) is 3.29. The standard InChI is InChI=1S/C24H27Cl3N2O3/c1-24(2,18-5-7-23(21(27)13-18)32-15-19(30)14-25)17-4-6-22(20(26)12-17)31-11-3-9-29-10-8-28-16-29/h4-8,10,12-13,16,19,30H,3,9,11,14-15H2,1-2H3. The number of aliphatic hydroxyl groups excluding tert-OH is 1. The van der Waals surface area contributed by atoms with E-state index in [0.29, 0.717) is 28.2 Å². The van der Waals surface area contributed by atoms with E-state index < -0.39 is 6.10 Å². The predicted octanol–water partition coefficient (Wildman–Crippen LogP) is 5.96. The molecular formula is C24H27Cl3N2O3. The summed E-state index contributed by atoms with van der Waals surface area (Å²) < 4.78 is 13.4. The van der Waals surface area contributed by atoms with E-state index in [9.17, 15) is 5.11 Å². The number of aromatic nitrogens is 2. The van der Waals surface area contributed by atoms with Gasteiger partial charge in [0.25, 0.3) is 0 Å². The summed E-state index contributed by atoms with van der Waals surface area (Å²) in [6, 6.07) is 11.5. The number of alkyl halides is 1. The Morgan fingerprint density at radius 1 is 1.03 bits per heavy atom. The summed E-state index contributed by atoms with van der Waals surface area (Å²) in [7, 11) is 0. The van der Waals surface area contributed by atoms with Crippen LogP contribution in [0.5, 0.6) is 11.5 Å². The lowest BCUT2D eigenvalue weighted by molar-refractivity contribution is 0.125. The second kappa shape index (κ2) is 11.3. The van der Waals surface area contributed by atoms with E-state index in [1.807, 2.05) is 41.1 Å². The van der Waals surface area contributed by atoms with Gasteiger partial charge in [-0.25, -0.2) is 4.98 Å². The highest BCUT2D eigenvalue weighted by molar-refractivity contribution is 6.32. The molecule has 5 nitrogen and oxygen atoms in total. The van der Waals surface area contributed by atoms with Gasteiger partial charge in [0.1, 0.15) is 24.2 Å². The summed E-state index contributed by atoms with van der Waals surface area (Å²) in [6.45, 7) is 5.71. The van der Waals surface area contributed by atoms with E-state index in [4.69, 9.17) is 44.3 Å². The van der Waals surface area contributed by atoms with Crippen molar-refractivity contribution >= 4 is 34.8 Å². The van der Waals surface area contributed by atoms with Crippen molar-refractivity contribution in [1.29, 1.82) is 0 Å². The summed E-state index contributed by atoms with van der Waals surface area (Å²) >= 11 is 18.5. The molecule has 0 amide bonds. The largest absolute Gasteiger partial charge is 0.492 e. The first-order valence-electron chi connectivity index (χ1n) is 10.4. The van der Waals surface area contributed by atoms with Gasteiger partial charge in [-0.2, -0.15) is 0 Å². The van der Waals surface area contributed by atoms with E-state index in [0.717, 1.165) is 24.1 Å². The van der Waals surface area contributed by atoms with Crippen LogP contribution in [0.15, 0.2) is 55.1 Å². The zero-order chi connectivity index (χ0) is 23.1. The van der Waals surface area contributed by atoms with Gasteiger partial charge in [-0.3, -0.25) is 0 Å². The van der Waals surface area contributed by atoms with Crippen LogP contribution in [0.25, 0.3) is 0 Å². The Hall–Kier alpha value is -1.92. The maximum Gasteiger partial charge on any atom is 0.138 e. The Balaban J connectivity index is 1.65. The van der Waals surface area contributed by atoms with Crippen molar-refractivity contribution < 1.29 is 14.6 Å². The maximum absolute atomic E-state index is 9.58. The molecule has 1 unspecified atom stereocenters. The molecule has 32 heavy (non-hydrogen) atoms. The fourth-order valence-corrected chi connectivity index (χ4v) is 3.82. The summed E-state index contributed by atoms with van der Waals surface area (Å²) in [6.07, 6.45) is 5.60. The summed E-state index contributed by atoms with van der Waals surface area (Å²) in [5, 5.41) is 10.6. The summed E-state index contributed by atoms with van der Waals surface area (Å²) in [4.78, 5) is 4.03. The molecule has 0 bridgehead atoms. The van der Waals surface area contributed by atoms with Gasteiger partial charge in [-0.1, -0.05) is 49.2 Å². The van der Waals surface area contributed by atoms with Crippen LogP contribution in [0.1, 0.15) is 31.4 Å². The highest BCUT2D eigenvalue weighted by Crippen LogP contribution is 2.38. The second-order valence-electron chi connectivity index (χ2n) is 8.04. The third kappa shape index (κ3) is 6.32. The topological polar surface area (TPSA) is 56.5 Å². The lowest BCUT2D eigenvalue weighted by atomic mass is 9.78. The van der Waals surface area contributed by atoms with Crippen molar-refractivity contribution in [3.63, 3.8) is 0 Å². The highest BCUT2D eigenvalue weighted by Gasteiger charge is 2.25. The van der Waals surface area contributed by atoms with Gasteiger partial charge in [0.05, 0.1) is 28.9 Å².